The molecule has 4 heterocycles. The van der Waals surface area contributed by atoms with E-state index in [0.29, 0.717) is 6.61 Å². The Balaban J connectivity index is 1.75. The van der Waals surface area contributed by atoms with Gasteiger partial charge in [0.25, 0.3) is 0 Å². The maximum atomic E-state index is 5.64. The van der Waals surface area contributed by atoms with Gasteiger partial charge in [-0.25, -0.2) is 0 Å². The van der Waals surface area contributed by atoms with Gasteiger partial charge in [-0.1, -0.05) is 0 Å². The number of piperidine rings is 3. The van der Waals surface area contributed by atoms with Gasteiger partial charge in [-0.3, -0.25) is 4.90 Å². The molecular formula is C18H22N2O. The van der Waals surface area contributed by atoms with Crippen molar-refractivity contribution in [3.05, 3.63) is 42.4 Å². The molecule has 3 aliphatic heterocycles. The molecule has 0 spiro atoms. The highest BCUT2D eigenvalue weighted by molar-refractivity contribution is 5.87. The predicted molar refractivity (Wildman–Crippen MR) is 85.0 cm³/mol. The summed E-state index contributed by atoms with van der Waals surface area (Å²) in [5, 5.41) is 1.35. The van der Waals surface area contributed by atoms with Crippen molar-refractivity contribution < 1.29 is 4.74 Å². The van der Waals surface area contributed by atoms with E-state index in [1.807, 2.05) is 6.92 Å². The van der Waals surface area contributed by atoms with Crippen LogP contribution in [0.1, 0.15) is 25.3 Å². The molecule has 2 radical (unpaired) electrons. The number of aryl methyl sites for hydroxylation is 1. The minimum Gasteiger partial charge on any atom is -0.494 e. The second-order valence-electron chi connectivity index (χ2n) is 6.16. The van der Waals surface area contributed by atoms with Crippen LogP contribution in [0.15, 0.2) is 24.4 Å². The number of nitrogens with zero attached hydrogens (tertiary/aromatic N) is 2. The Morgan fingerprint density at radius 2 is 2.05 bits per heavy atom. The van der Waals surface area contributed by atoms with Crippen LogP contribution in [-0.2, 0) is 7.05 Å². The van der Waals surface area contributed by atoms with E-state index < -0.39 is 0 Å². The lowest BCUT2D eigenvalue weighted by Crippen LogP contribution is -2.43. The highest BCUT2D eigenvalue weighted by Gasteiger charge is 2.37. The van der Waals surface area contributed by atoms with Crippen molar-refractivity contribution in [2.75, 3.05) is 19.7 Å². The van der Waals surface area contributed by atoms with Gasteiger partial charge < -0.3 is 9.30 Å². The molecule has 0 aliphatic carbocycles. The molecule has 1 aromatic heterocycles. The van der Waals surface area contributed by atoms with Crippen molar-refractivity contribution in [2.24, 2.45) is 13.0 Å². The summed E-state index contributed by atoms with van der Waals surface area (Å²) in [6, 6.07) is 6.47. The van der Waals surface area contributed by atoms with E-state index in [1.54, 1.807) is 0 Å². The van der Waals surface area contributed by atoms with Crippen LogP contribution in [0.3, 0.4) is 0 Å². The van der Waals surface area contributed by atoms with Gasteiger partial charge in [0.05, 0.1) is 12.1 Å². The van der Waals surface area contributed by atoms with E-state index in [1.165, 1.54) is 48.3 Å². The van der Waals surface area contributed by atoms with Crippen molar-refractivity contribution in [3.8, 4) is 5.75 Å². The average molecular weight is 282 g/mol. The molecule has 0 N–H and O–H groups in total. The first-order valence-electron chi connectivity index (χ1n) is 7.94. The second-order valence-corrected chi connectivity index (χ2v) is 6.16. The van der Waals surface area contributed by atoms with E-state index in [2.05, 4.69) is 47.5 Å². The maximum Gasteiger partial charge on any atom is 0.121 e. The van der Waals surface area contributed by atoms with Crippen molar-refractivity contribution in [2.45, 2.75) is 19.8 Å². The lowest BCUT2D eigenvalue weighted by molar-refractivity contribution is 0.179. The zero-order valence-electron chi connectivity index (χ0n) is 12.8. The molecule has 0 unspecified atom stereocenters. The van der Waals surface area contributed by atoms with Crippen LogP contribution in [0.25, 0.3) is 10.9 Å². The largest absolute Gasteiger partial charge is 0.494 e. The Bertz CT molecular complexity index is 653. The standard InChI is InChI=1S/C18H22N2O/c1-3-21-14-4-5-15-17(11-19(2)18(15)10-14)16-12-20-8-6-13(16)7-9-20/h4-5,10-13H,3,6-9H2,1-2H3. The van der Waals surface area contributed by atoms with E-state index in [4.69, 9.17) is 4.74 Å². The Kier molecular flexibility index (Phi) is 3.18. The third kappa shape index (κ3) is 2.15. The monoisotopic (exact) mass is 282 g/mol. The molecule has 110 valence electrons. The van der Waals surface area contributed by atoms with Crippen molar-refractivity contribution in [1.82, 2.24) is 9.47 Å². The zero-order chi connectivity index (χ0) is 14.4. The molecule has 3 heteroatoms. The Labute approximate surface area is 126 Å². The third-order valence-electron chi connectivity index (χ3n) is 4.88. The van der Waals surface area contributed by atoms with Crippen LogP contribution in [0.4, 0.5) is 0 Å². The fraction of sp³-hybridized carbons (Fsp3) is 0.444. The molecular weight excluding hydrogens is 260 g/mol. The van der Waals surface area contributed by atoms with E-state index in [0.717, 1.165) is 11.7 Å². The summed E-state index contributed by atoms with van der Waals surface area (Å²) in [7, 11) is 2.13. The number of aromatic nitrogens is 1. The molecule has 3 nitrogen and oxygen atoms in total. The smallest absolute Gasteiger partial charge is 0.121 e. The number of fused-ring (bicyclic) bond motifs is 4. The number of hydrogen-bond acceptors (Lipinski definition) is 2. The summed E-state index contributed by atoms with van der Waals surface area (Å²) >= 11 is 0. The van der Waals surface area contributed by atoms with Gasteiger partial charge in [-0.2, -0.15) is 0 Å². The molecule has 0 atom stereocenters. The van der Waals surface area contributed by atoms with Crippen LogP contribution in [-0.4, -0.2) is 29.2 Å². The Hall–Kier alpha value is -1.48. The Morgan fingerprint density at radius 1 is 1.24 bits per heavy atom. The van der Waals surface area contributed by atoms with Gasteiger partial charge in [0.15, 0.2) is 0 Å². The average Bonchev–Trinajstić information content (AvgIpc) is 2.86. The van der Waals surface area contributed by atoms with Crippen LogP contribution in [0.2, 0.25) is 0 Å². The normalized spacial score (nSPS) is 25.6. The lowest BCUT2D eigenvalue weighted by Gasteiger charge is -2.44. The van der Waals surface area contributed by atoms with E-state index in [9.17, 15) is 0 Å². The highest BCUT2D eigenvalue weighted by atomic mass is 16.5. The molecule has 5 rings (SSSR count). The summed E-state index contributed by atoms with van der Waals surface area (Å²) < 4.78 is 7.86. The quantitative estimate of drug-likeness (QED) is 0.858. The van der Waals surface area contributed by atoms with Crippen LogP contribution < -0.4 is 4.74 Å². The van der Waals surface area contributed by atoms with Crippen LogP contribution in [0.5, 0.6) is 5.75 Å². The summed E-state index contributed by atoms with van der Waals surface area (Å²) in [6.45, 7) is 7.59. The molecule has 2 aromatic rings. The van der Waals surface area contributed by atoms with Crippen molar-refractivity contribution in [3.63, 3.8) is 0 Å². The van der Waals surface area contributed by atoms with Crippen LogP contribution >= 0.6 is 0 Å². The second kappa shape index (κ2) is 5.06. The maximum absolute atomic E-state index is 5.64. The van der Waals surface area contributed by atoms with Gasteiger partial charge in [0.2, 0.25) is 0 Å². The van der Waals surface area contributed by atoms with Gasteiger partial charge in [-0.15, -0.1) is 0 Å². The molecule has 0 saturated carbocycles. The third-order valence-corrected chi connectivity index (χ3v) is 4.88. The molecule has 3 fully saturated rings. The number of hydrogen-bond donors (Lipinski definition) is 0. The van der Waals surface area contributed by atoms with Gasteiger partial charge in [-0.05, 0) is 56.5 Å². The molecule has 3 aliphatic rings. The fourth-order valence-electron chi connectivity index (χ4n) is 3.78. The molecule has 3 saturated heterocycles. The number of ether oxygens (including phenoxy) is 1. The first-order chi connectivity index (χ1) is 10.3. The van der Waals surface area contributed by atoms with Gasteiger partial charge in [0.1, 0.15) is 5.75 Å². The minimum atomic E-state index is 0.713. The summed E-state index contributed by atoms with van der Waals surface area (Å²) in [5.74, 6) is 3.23. The topological polar surface area (TPSA) is 17.4 Å². The minimum absolute atomic E-state index is 0.713. The predicted octanol–water partition coefficient (Wildman–Crippen LogP) is 3.39. The molecule has 1 aromatic carbocycles. The molecule has 21 heavy (non-hydrogen) atoms. The first kappa shape index (κ1) is 13.2. The van der Waals surface area contributed by atoms with Crippen molar-refractivity contribution in [1.29, 1.82) is 0 Å². The fourth-order valence-corrected chi connectivity index (χ4v) is 3.78. The SMILES string of the molecule is CCOc1ccc2c([C]3[CH]N4CCC3CC4)cn(C)c2c1. The molecule has 0 amide bonds. The van der Waals surface area contributed by atoms with E-state index in [-0.39, 0.29) is 0 Å². The molecule has 2 bridgehead atoms. The highest BCUT2D eigenvalue weighted by Crippen LogP contribution is 2.43. The van der Waals surface area contributed by atoms with E-state index >= 15 is 0 Å². The lowest BCUT2D eigenvalue weighted by atomic mass is 9.75. The van der Waals surface area contributed by atoms with Gasteiger partial charge >= 0.3 is 0 Å². The van der Waals surface area contributed by atoms with Crippen LogP contribution in [0, 0.1) is 18.4 Å². The number of rotatable bonds is 3. The van der Waals surface area contributed by atoms with Crippen molar-refractivity contribution >= 4 is 10.9 Å². The summed E-state index contributed by atoms with van der Waals surface area (Å²) in [4.78, 5) is 2.47. The summed E-state index contributed by atoms with van der Waals surface area (Å²) in [6.07, 6.45) is 4.90. The number of benzene rings is 1. The van der Waals surface area contributed by atoms with Gasteiger partial charge in [0, 0.05) is 37.2 Å². The Morgan fingerprint density at radius 3 is 2.71 bits per heavy atom. The first-order valence-corrected chi connectivity index (χ1v) is 7.94. The zero-order valence-corrected chi connectivity index (χ0v) is 12.8. The summed E-state index contributed by atoms with van der Waals surface area (Å²) in [5.41, 5.74) is 2.67.